The van der Waals surface area contributed by atoms with Crippen LogP contribution in [-0.2, 0) is 0 Å². The maximum Gasteiger partial charge on any atom is 0.227 e. The Labute approximate surface area is 160 Å². The topological polar surface area (TPSA) is 48.4 Å². The number of benzene rings is 1. The summed E-state index contributed by atoms with van der Waals surface area (Å²) >= 11 is 0. The minimum Gasteiger partial charge on any atom is -0.353 e. The van der Waals surface area contributed by atoms with Gasteiger partial charge in [-0.25, -0.2) is 9.97 Å². The van der Waals surface area contributed by atoms with Crippen LogP contribution in [0.4, 0.5) is 23.3 Å². The minimum absolute atomic E-state index is 0.799. The quantitative estimate of drug-likeness (QED) is 0.712. The van der Waals surface area contributed by atoms with Crippen LogP contribution in [0.25, 0.3) is 0 Å². The normalized spacial score (nSPS) is 14.3. The van der Waals surface area contributed by atoms with E-state index >= 15 is 0 Å². The van der Waals surface area contributed by atoms with Gasteiger partial charge >= 0.3 is 0 Å². The molecule has 1 saturated heterocycles. The summed E-state index contributed by atoms with van der Waals surface area (Å²) in [6, 6.07) is 18.3. The first-order valence-corrected chi connectivity index (χ1v) is 9.26. The molecule has 0 unspecified atom stereocenters. The zero-order chi connectivity index (χ0) is 18.6. The van der Waals surface area contributed by atoms with Gasteiger partial charge in [-0.05, 0) is 31.2 Å². The van der Waals surface area contributed by atoms with Crippen LogP contribution in [0.1, 0.15) is 5.69 Å². The van der Waals surface area contributed by atoms with Crippen molar-refractivity contribution in [3.05, 3.63) is 66.5 Å². The van der Waals surface area contributed by atoms with E-state index in [0.29, 0.717) is 0 Å². The average molecular weight is 360 g/mol. The molecule has 2 aromatic heterocycles. The maximum atomic E-state index is 4.84. The number of rotatable bonds is 4. The van der Waals surface area contributed by atoms with E-state index in [9.17, 15) is 0 Å². The van der Waals surface area contributed by atoms with Crippen LogP contribution < -0.4 is 14.7 Å². The molecule has 4 rings (SSSR count). The van der Waals surface area contributed by atoms with E-state index in [2.05, 4.69) is 42.9 Å². The first kappa shape index (κ1) is 17.3. The third-order valence-electron chi connectivity index (χ3n) is 4.85. The Morgan fingerprint density at radius 2 is 1.56 bits per heavy atom. The summed E-state index contributed by atoms with van der Waals surface area (Å²) in [5.74, 6) is 2.75. The van der Waals surface area contributed by atoms with Crippen LogP contribution in [0.15, 0.2) is 60.8 Å². The number of aromatic nitrogens is 3. The molecule has 1 aliphatic rings. The monoisotopic (exact) mass is 360 g/mol. The second kappa shape index (κ2) is 7.61. The molecule has 0 spiro atoms. The summed E-state index contributed by atoms with van der Waals surface area (Å²) in [7, 11) is 2.04. The van der Waals surface area contributed by atoms with E-state index in [1.54, 1.807) is 0 Å². The Hall–Kier alpha value is -3.15. The standard InChI is InChI=1S/C21H24N6/c1-17-16-20(25(2)18-8-4-3-5-9-18)24-21(23-17)27-14-12-26(13-15-27)19-10-6-7-11-22-19/h3-11,16H,12-15H2,1-2H3. The first-order valence-electron chi connectivity index (χ1n) is 9.26. The number of anilines is 4. The Morgan fingerprint density at radius 1 is 0.852 bits per heavy atom. The number of para-hydroxylation sites is 1. The molecule has 0 aliphatic carbocycles. The number of pyridine rings is 1. The van der Waals surface area contributed by atoms with Gasteiger partial charge in [-0.2, -0.15) is 4.98 Å². The molecule has 1 aromatic carbocycles. The Kier molecular flexibility index (Phi) is 4.87. The van der Waals surface area contributed by atoms with Crippen molar-refractivity contribution in [1.29, 1.82) is 0 Å². The van der Waals surface area contributed by atoms with Gasteiger partial charge in [-0.15, -0.1) is 0 Å². The molecule has 0 N–H and O–H groups in total. The molecular weight excluding hydrogens is 336 g/mol. The second-order valence-electron chi connectivity index (χ2n) is 6.72. The van der Waals surface area contributed by atoms with Crippen molar-refractivity contribution in [2.45, 2.75) is 6.92 Å². The molecule has 138 valence electrons. The molecule has 0 atom stereocenters. The molecule has 1 fully saturated rings. The largest absolute Gasteiger partial charge is 0.353 e. The molecule has 0 amide bonds. The summed E-state index contributed by atoms with van der Waals surface area (Å²) < 4.78 is 0. The molecule has 0 radical (unpaired) electrons. The molecule has 3 heterocycles. The Balaban J connectivity index is 1.51. The maximum absolute atomic E-state index is 4.84. The average Bonchev–Trinajstić information content (AvgIpc) is 2.74. The van der Waals surface area contributed by atoms with E-state index in [0.717, 1.165) is 55.1 Å². The van der Waals surface area contributed by atoms with E-state index in [1.165, 1.54) is 0 Å². The number of hydrogen-bond acceptors (Lipinski definition) is 6. The highest BCUT2D eigenvalue weighted by atomic mass is 15.3. The highest BCUT2D eigenvalue weighted by Crippen LogP contribution is 2.24. The highest BCUT2D eigenvalue weighted by Gasteiger charge is 2.21. The van der Waals surface area contributed by atoms with Crippen molar-refractivity contribution in [3.63, 3.8) is 0 Å². The van der Waals surface area contributed by atoms with Gasteiger partial charge in [0.25, 0.3) is 0 Å². The predicted molar refractivity (Wildman–Crippen MR) is 110 cm³/mol. The molecular formula is C21H24N6. The number of hydrogen-bond donors (Lipinski definition) is 0. The molecule has 27 heavy (non-hydrogen) atoms. The van der Waals surface area contributed by atoms with Crippen molar-refractivity contribution in [2.24, 2.45) is 0 Å². The van der Waals surface area contributed by atoms with Crippen LogP contribution >= 0.6 is 0 Å². The molecule has 1 aliphatic heterocycles. The highest BCUT2D eigenvalue weighted by molar-refractivity contribution is 5.60. The smallest absolute Gasteiger partial charge is 0.227 e. The fraction of sp³-hybridized carbons (Fsp3) is 0.286. The fourth-order valence-electron chi connectivity index (χ4n) is 3.31. The second-order valence-corrected chi connectivity index (χ2v) is 6.72. The molecule has 0 saturated carbocycles. The number of nitrogens with zero attached hydrogens (tertiary/aromatic N) is 6. The zero-order valence-electron chi connectivity index (χ0n) is 15.8. The van der Waals surface area contributed by atoms with Crippen LogP contribution in [0.5, 0.6) is 0 Å². The van der Waals surface area contributed by atoms with E-state index in [-0.39, 0.29) is 0 Å². The van der Waals surface area contributed by atoms with Gasteiger partial charge < -0.3 is 14.7 Å². The summed E-state index contributed by atoms with van der Waals surface area (Å²) in [6.45, 7) is 5.62. The van der Waals surface area contributed by atoms with E-state index < -0.39 is 0 Å². The molecule has 6 heteroatoms. The fourth-order valence-corrected chi connectivity index (χ4v) is 3.31. The van der Waals surface area contributed by atoms with Crippen molar-refractivity contribution >= 4 is 23.3 Å². The van der Waals surface area contributed by atoms with E-state index in [1.807, 2.05) is 56.6 Å². The zero-order valence-corrected chi connectivity index (χ0v) is 15.8. The minimum atomic E-state index is 0.799. The first-order chi connectivity index (χ1) is 13.2. The van der Waals surface area contributed by atoms with Gasteiger partial charge in [0.2, 0.25) is 5.95 Å². The number of aryl methyl sites for hydroxylation is 1. The Bertz CT molecular complexity index is 876. The van der Waals surface area contributed by atoms with Gasteiger partial charge in [0, 0.05) is 56.9 Å². The lowest BCUT2D eigenvalue weighted by Crippen LogP contribution is -2.47. The van der Waals surface area contributed by atoms with Crippen LogP contribution in [-0.4, -0.2) is 48.2 Å². The van der Waals surface area contributed by atoms with Crippen molar-refractivity contribution < 1.29 is 0 Å². The summed E-state index contributed by atoms with van der Waals surface area (Å²) in [5.41, 5.74) is 2.09. The SMILES string of the molecule is Cc1cc(N(C)c2ccccc2)nc(N2CCN(c3ccccn3)CC2)n1. The van der Waals surface area contributed by atoms with Crippen molar-refractivity contribution in [3.8, 4) is 0 Å². The van der Waals surface area contributed by atoms with Crippen LogP contribution in [0.2, 0.25) is 0 Å². The summed E-state index contributed by atoms with van der Waals surface area (Å²) in [4.78, 5) is 20.6. The van der Waals surface area contributed by atoms with Crippen molar-refractivity contribution in [2.75, 3.05) is 47.9 Å². The summed E-state index contributed by atoms with van der Waals surface area (Å²) in [6.07, 6.45) is 1.84. The van der Waals surface area contributed by atoms with Crippen LogP contribution in [0.3, 0.4) is 0 Å². The molecule has 3 aromatic rings. The third kappa shape index (κ3) is 3.84. The summed E-state index contributed by atoms with van der Waals surface area (Å²) in [5, 5.41) is 0. The van der Waals surface area contributed by atoms with Crippen LogP contribution in [0, 0.1) is 6.92 Å². The third-order valence-corrected chi connectivity index (χ3v) is 4.85. The molecule has 0 bridgehead atoms. The van der Waals surface area contributed by atoms with Gasteiger partial charge in [0.1, 0.15) is 11.6 Å². The number of piperazine rings is 1. The van der Waals surface area contributed by atoms with Gasteiger partial charge in [-0.3, -0.25) is 0 Å². The lowest BCUT2D eigenvalue weighted by Gasteiger charge is -2.35. The lowest BCUT2D eigenvalue weighted by molar-refractivity contribution is 0.634. The lowest BCUT2D eigenvalue weighted by atomic mass is 10.3. The molecule has 6 nitrogen and oxygen atoms in total. The van der Waals surface area contributed by atoms with Gasteiger partial charge in [0.15, 0.2) is 0 Å². The van der Waals surface area contributed by atoms with Gasteiger partial charge in [-0.1, -0.05) is 24.3 Å². The van der Waals surface area contributed by atoms with Gasteiger partial charge in [0.05, 0.1) is 0 Å². The van der Waals surface area contributed by atoms with E-state index in [4.69, 9.17) is 4.98 Å². The Morgan fingerprint density at radius 3 is 2.26 bits per heavy atom. The van der Waals surface area contributed by atoms with Crippen molar-refractivity contribution in [1.82, 2.24) is 15.0 Å². The predicted octanol–water partition coefficient (Wildman–Crippen LogP) is 3.27.